The maximum absolute atomic E-state index is 10.2. The second-order valence-electron chi connectivity index (χ2n) is 3.85. The van der Waals surface area contributed by atoms with Crippen LogP contribution in [0.2, 0.25) is 0 Å². The van der Waals surface area contributed by atoms with Crippen LogP contribution < -0.4 is 0 Å². The van der Waals surface area contributed by atoms with Crippen LogP contribution in [0.25, 0.3) is 0 Å². The van der Waals surface area contributed by atoms with Gasteiger partial charge in [0.15, 0.2) is 0 Å². The highest BCUT2D eigenvalue weighted by atomic mass is 32.2. The van der Waals surface area contributed by atoms with Crippen molar-refractivity contribution in [1.82, 2.24) is 0 Å². The van der Waals surface area contributed by atoms with Crippen LogP contribution in [0.5, 0.6) is 0 Å². The summed E-state index contributed by atoms with van der Waals surface area (Å²) in [6.45, 7) is 2.07. The second kappa shape index (κ2) is 4.37. The molecule has 2 rings (SSSR count). The van der Waals surface area contributed by atoms with Crippen LogP contribution in [0.4, 0.5) is 0 Å². The molecule has 1 aromatic carbocycles. The number of aliphatic hydroxyl groups is 1. The fourth-order valence-electron chi connectivity index (χ4n) is 1.97. The molecule has 2 unspecified atom stereocenters. The van der Waals surface area contributed by atoms with Crippen molar-refractivity contribution in [3.63, 3.8) is 0 Å². The van der Waals surface area contributed by atoms with Crippen molar-refractivity contribution in [3.05, 3.63) is 35.4 Å². The van der Waals surface area contributed by atoms with Crippen molar-refractivity contribution >= 4 is 11.8 Å². The van der Waals surface area contributed by atoms with Gasteiger partial charge in [-0.25, -0.2) is 0 Å². The molecule has 1 heterocycles. The molecule has 0 aromatic heterocycles. The molecule has 1 aliphatic heterocycles. The van der Waals surface area contributed by atoms with Crippen molar-refractivity contribution < 1.29 is 5.11 Å². The Hall–Kier alpha value is -0.470. The van der Waals surface area contributed by atoms with Gasteiger partial charge in [-0.15, -0.1) is 0 Å². The van der Waals surface area contributed by atoms with Crippen LogP contribution in [-0.4, -0.2) is 16.1 Å². The van der Waals surface area contributed by atoms with Crippen molar-refractivity contribution in [2.24, 2.45) is 0 Å². The molecule has 1 N–H and O–H groups in total. The Morgan fingerprint density at radius 2 is 2.21 bits per heavy atom. The Morgan fingerprint density at radius 1 is 1.43 bits per heavy atom. The maximum Gasteiger partial charge on any atom is 0.0911 e. The molecule has 0 amide bonds. The Bertz CT molecular complexity index is 305. The average Bonchev–Trinajstić information content (AvgIpc) is 2.70. The standard InChI is InChI=1S/C12H16OS/c1-9-5-2-3-6-10(9)12(13)11-7-4-8-14-11/h2-3,5-6,11-13H,4,7-8H2,1H3. The topological polar surface area (TPSA) is 20.2 Å². The van der Waals surface area contributed by atoms with Crippen LogP contribution in [0, 0.1) is 6.92 Å². The molecule has 1 saturated heterocycles. The number of thioether (sulfide) groups is 1. The predicted octanol–water partition coefficient (Wildman–Crippen LogP) is 2.92. The smallest absolute Gasteiger partial charge is 0.0911 e. The Kier molecular flexibility index (Phi) is 3.14. The van der Waals surface area contributed by atoms with Gasteiger partial charge in [0, 0.05) is 5.25 Å². The van der Waals surface area contributed by atoms with E-state index in [0.717, 1.165) is 12.0 Å². The fourth-order valence-corrected chi connectivity index (χ4v) is 3.27. The molecule has 0 aliphatic carbocycles. The highest BCUT2D eigenvalue weighted by Crippen LogP contribution is 2.36. The summed E-state index contributed by atoms with van der Waals surface area (Å²) in [5.74, 6) is 1.20. The zero-order valence-corrected chi connectivity index (χ0v) is 9.26. The lowest BCUT2D eigenvalue weighted by atomic mass is 9.99. The van der Waals surface area contributed by atoms with Crippen LogP contribution in [0.15, 0.2) is 24.3 Å². The number of benzene rings is 1. The lowest BCUT2D eigenvalue weighted by Crippen LogP contribution is -2.12. The van der Waals surface area contributed by atoms with E-state index < -0.39 is 0 Å². The summed E-state index contributed by atoms with van der Waals surface area (Å²) in [4.78, 5) is 0. The zero-order chi connectivity index (χ0) is 9.97. The van der Waals surface area contributed by atoms with Crippen LogP contribution in [-0.2, 0) is 0 Å². The maximum atomic E-state index is 10.2. The Labute approximate surface area is 89.5 Å². The van der Waals surface area contributed by atoms with Crippen LogP contribution in [0.3, 0.4) is 0 Å². The first kappa shape index (κ1) is 10.1. The van der Waals surface area contributed by atoms with E-state index in [9.17, 15) is 5.11 Å². The molecule has 2 heteroatoms. The highest BCUT2D eigenvalue weighted by Gasteiger charge is 2.25. The first-order valence-electron chi connectivity index (χ1n) is 5.14. The van der Waals surface area contributed by atoms with Gasteiger partial charge in [-0.3, -0.25) is 0 Å². The first-order valence-corrected chi connectivity index (χ1v) is 6.19. The molecule has 14 heavy (non-hydrogen) atoms. The van der Waals surface area contributed by atoms with Gasteiger partial charge in [0.2, 0.25) is 0 Å². The summed E-state index contributed by atoms with van der Waals surface area (Å²) in [6.07, 6.45) is 2.13. The molecule has 1 fully saturated rings. The lowest BCUT2D eigenvalue weighted by molar-refractivity contribution is 0.172. The van der Waals surface area contributed by atoms with E-state index in [-0.39, 0.29) is 6.10 Å². The van der Waals surface area contributed by atoms with Gasteiger partial charge in [0.25, 0.3) is 0 Å². The van der Waals surface area contributed by atoms with Crippen molar-refractivity contribution in [2.75, 3.05) is 5.75 Å². The van der Waals surface area contributed by atoms with Gasteiger partial charge in [-0.2, -0.15) is 11.8 Å². The third-order valence-corrected chi connectivity index (χ3v) is 4.27. The minimum atomic E-state index is -0.274. The first-order chi connectivity index (χ1) is 6.79. The molecule has 2 atom stereocenters. The minimum Gasteiger partial charge on any atom is -0.387 e. The van der Waals surface area contributed by atoms with Gasteiger partial charge in [0.05, 0.1) is 6.10 Å². The quantitative estimate of drug-likeness (QED) is 0.806. The van der Waals surface area contributed by atoms with E-state index in [1.807, 2.05) is 30.0 Å². The van der Waals surface area contributed by atoms with E-state index in [0.29, 0.717) is 5.25 Å². The third kappa shape index (κ3) is 1.96. The van der Waals surface area contributed by atoms with Gasteiger partial charge >= 0.3 is 0 Å². The fraction of sp³-hybridized carbons (Fsp3) is 0.500. The number of rotatable bonds is 2. The summed E-state index contributed by atoms with van der Waals surface area (Å²) in [6, 6.07) is 8.13. The Morgan fingerprint density at radius 3 is 2.86 bits per heavy atom. The largest absolute Gasteiger partial charge is 0.387 e. The van der Waals surface area contributed by atoms with Crippen molar-refractivity contribution in [3.8, 4) is 0 Å². The zero-order valence-electron chi connectivity index (χ0n) is 8.44. The molecule has 1 nitrogen and oxygen atoms in total. The van der Waals surface area contributed by atoms with E-state index in [2.05, 4.69) is 13.0 Å². The van der Waals surface area contributed by atoms with Gasteiger partial charge in [0.1, 0.15) is 0 Å². The molecule has 1 aliphatic rings. The summed E-state index contributed by atoms with van der Waals surface area (Å²) >= 11 is 1.90. The molecular formula is C12H16OS. The molecule has 0 saturated carbocycles. The summed E-state index contributed by atoms with van der Waals surface area (Å²) in [7, 11) is 0. The third-order valence-electron chi connectivity index (χ3n) is 2.82. The molecule has 0 spiro atoms. The van der Waals surface area contributed by atoms with Crippen molar-refractivity contribution in [2.45, 2.75) is 31.1 Å². The number of hydrogen-bond donors (Lipinski definition) is 1. The minimum absolute atomic E-state index is 0.274. The van der Waals surface area contributed by atoms with Crippen LogP contribution >= 0.6 is 11.8 Å². The van der Waals surface area contributed by atoms with E-state index >= 15 is 0 Å². The van der Waals surface area contributed by atoms with E-state index in [4.69, 9.17) is 0 Å². The van der Waals surface area contributed by atoms with Gasteiger partial charge in [-0.1, -0.05) is 24.3 Å². The van der Waals surface area contributed by atoms with E-state index in [1.165, 1.54) is 17.7 Å². The summed E-state index contributed by atoms with van der Waals surface area (Å²) < 4.78 is 0. The van der Waals surface area contributed by atoms with Crippen LogP contribution in [0.1, 0.15) is 30.1 Å². The van der Waals surface area contributed by atoms with Crippen molar-refractivity contribution in [1.29, 1.82) is 0 Å². The normalized spacial score (nSPS) is 23.7. The molecule has 1 aromatic rings. The van der Waals surface area contributed by atoms with E-state index in [1.54, 1.807) is 0 Å². The Balaban J connectivity index is 2.17. The second-order valence-corrected chi connectivity index (χ2v) is 5.20. The summed E-state index contributed by atoms with van der Waals surface area (Å²) in [5, 5.41) is 10.6. The number of aliphatic hydroxyl groups excluding tert-OH is 1. The molecule has 0 bridgehead atoms. The van der Waals surface area contributed by atoms with Gasteiger partial charge in [-0.05, 0) is 36.6 Å². The molecular weight excluding hydrogens is 192 g/mol. The highest BCUT2D eigenvalue weighted by molar-refractivity contribution is 8.00. The molecule has 76 valence electrons. The summed E-state index contributed by atoms with van der Waals surface area (Å²) in [5.41, 5.74) is 2.31. The lowest BCUT2D eigenvalue weighted by Gasteiger charge is -2.19. The number of aryl methyl sites for hydroxylation is 1. The predicted molar refractivity (Wildman–Crippen MR) is 61.6 cm³/mol. The number of hydrogen-bond acceptors (Lipinski definition) is 2. The SMILES string of the molecule is Cc1ccccc1C(O)C1CCCS1. The monoisotopic (exact) mass is 208 g/mol. The average molecular weight is 208 g/mol. The van der Waals surface area contributed by atoms with Gasteiger partial charge < -0.3 is 5.11 Å². The molecule has 0 radical (unpaired) electrons.